The Morgan fingerprint density at radius 1 is 1.15 bits per heavy atom. The summed E-state index contributed by atoms with van der Waals surface area (Å²) in [5.41, 5.74) is 1.70. The van der Waals surface area contributed by atoms with Crippen molar-refractivity contribution in [3.05, 3.63) is 54.0 Å². The zero-order chi connectivity index (χ0) is 14.1. The maximum absolute atomic E-state index is 13.0. The molecule has 0 aliphatic rings. The molecule has 3 aromatic rings. The number of benzene rings is 1. The Morgan fingerprint density at radius 2 is 1.90 bits per heavy atom. The van der Waals surface area contributed by atoms with Gasteiger partial charge in [-0.15, -0.1) is 10.2 Å². The Bertz CT molecular complexity index is 781. The van der Waals surface area contributed by atoms with Crippen molar-refractivity contribution in [3.8, 4) is 11.4 Å². The molecule has 0 fully saturated rings. The van der Waals surface area contributed by atoms with Gasteiger partial charge in [0.2, 0.25) is 0 Å². The molecule has 0 aliphatic heterocycles. The topological polar surface area (TPSA) is 56.5 Å². The molecule has 0 N–H and O–H groups in total. The van der Waals surface area contributed by atoms with Crippen molar-refractivity contribution in [3.63, 3.8) is 0 Å². The molecule has 0 atom stereocenters. The first-order valence-electron chi connectivity index (χ1n) is 5.88. The van der Waals surface area contributed by atoms with Crippen LogP contribution in [0.2, 0.25) is 0 Å². The van der Waals surface area contributed by atoms with Gasteiger partial charge in [0, 0.05) is 11.8 Å². The molecule has 2 heterocycles. The maximum atomic E-state index is 13.0. The summed E-state index contributed by atoms with van der Waals surface area (Å²) < 4.78 is 19.3. The van der Waals surface area contributed by atoms with Crippen LogP contribution in [0.5, 0.6) is 0 Å². The lowest BCUT2D eigenvalue weighted by atomic mass is 10.2. The van der Waals surface area contributed by atoms with Crippen LogP contribution in [0.4, 0.5) is 4.39 Å². The molecule has 3 rings (SSSR count). The van der Waals surface area contributed by atoms with Crippen LogP contribution < -0.4 is 0 Å². The van der Waals surface area contributed by atoms with Gasteiger partial charge in [0.05, 0.1) is 12.7 Å². The Balaban J connectivity index is 2.16. The van der Waals surface area contributed by atoms with Crippen molar-refractivity contribution in [1.82, 2.24) is 14.6 Å². The van der Waals surface area contributed by atoms with Crippen molar-refractivity contribution >= 4 is 11.6 Å². The fourth-order valence-electron chi connectivity index (χ4n) is 1.93. The molecule has 0 spiro atoms. The highest BCUT2D eigenvalue weighted by Gasteiger charge is 2.11. The SMILES string of the molecule is COC(=O)c1ccc2nnc(-c3ccc(F)cc3)n2c1. The van der Waals surface area contributed by atoms with Crippen LogP contribution in [-0.4, -0.2) is 27.7 Å². The second kappa shape index (κ2) is 4.73. The van der Waals surface area contributed by atoms with Gasteiger partial charge in [-0.1, -0.05) is 0 Å². The first kappa shape index (κ1) is 12.3. The van der Waals surface area contributed by atoms with Gasteiger partial charge in [0.1, 0.15) is 5.82 Å². The number of carbonyl (C=O) groups excluding carboxylic acids is 1. The average Bonchev–Trinajstić information content (AvgIpc) is 2.90. The molecule has 6 heteroatoms. The molecule has 0 saturated heterocycles. The van der Waals surface area contributed by atoms with Crippen molar-refractivity contribution in [2.45, 2.75) is 0 Å². The summed E-state index contributed by atoms with van der Waals surface area (Å²) in [5, 5.41) is 8.07. The molecule has 0 bridgehead atoms. The number of hydrogen-bond donors (Lipinski definition) is 0. The quantitative estimate of drug-likeness (QED) is 0.671. The van der Waals surface area contributed by atoms with E-state index >= 15 is 0 Å². The van der Waals surface area contributed by atoms with Gasteiger partial charge >= 0.3 is 5.97 Å². The third kappa shape index (κ3) is 2.01. The largest absolute Gasteiger partial charge is 0.465 e. The van der Waals surface area contributed by atoms with E-state index in [1.165, 1.54) is 19.2 Å². The number of ether oxygens (including phenoxy) is 1. The predicted molar refractivity (Wildman–Crippen MR) is 69.7 cm³/mol. The molecule has 5 nitrogen and oxygen atoms in total. The summed E-state index contributed by atoms with van der Waals surface area (Å²) in [5.74, 6) is -0.228. The van der Waals surface area contributed by atoms with Gasteiger partial charge in [0.15, 0.2) is 11.5 Å². The highest BCUT2D eigenvalue weighted by molar-refractivity contribution is 5.89. The van der Waals surface area contributed by atoms with E-state index in [1.807, 2.05) is 0 Å². The molecule has 0 saturated carbocycles. The molecule has 1 aromatic carbocycles. The number of aromatic nitrogens is 3. The summed E-state index contributed by atoms with van der Waals surface area (Å²) in [6.07, 6.45) is 1.60. The smallest absolute Gasteiger partial charge is 0.339 e. The van der Waals surface area contributed by atoms with Crippen molar-refractivity contribution in [1.29, 1.82) is 0 Å². The highest BCUT2D eigenvalue weighted by atomic mass is 19.1. The number of esters is 1. The van der Waals surface area contributed by atoms with Gasteiger partial charge in [-0.25, -0.2) is 9.18 Å². The molecule has 0 aliphatic carbocycles. The van der Waals surface area contributed by atoms with E-state index in [2.05, 4.69) is 14.9 Å². The number of hydrogen-bond acceptors (Lipinski definition) is 4. The highest BCUT2D eigenvalue weighted by Crippen LogP contribution is 2.19. The first-order chi connectivity index (χ1) is 9.69. The number of methoxy groups -OCH3 is 1. The molecule has 0 unspecified atom stereocenters. The van der Waals surface area contributed by atoms with Crippen molar-refractivity contribution in [2.75, 3.05) is 7.11 Å². The third-order valence-electron chi connectivity index (χ3n) is 2.93. The standard InChI is InChI=1S/C14H10FN3O2/c1-20-14(19)10-4-7-12-16-17-13(18(12)8-10)9-2-5-11(15)6-3-9/h2-8H,1H3. The Morgan fingerprint density at radius 3 is 2.60 bits per heavy atom. The Hall–Kier alpha value is -2.76. The minimum atomic E-state index is -0.439. The fraction of sp³-hybridized carbons (Fsp3) is 0.0714. The molecule has 20 heavy (non-hydrogen) atoms. The van der Waals surface area contributed by atoms with Crippen LogP contribution in [0.25, 0.3) is 17.0 Å². The Labute approximate surface area is 113 Å². The Kier molecular flexibility index (Phi) is 2.90. The summed E-state index contributed by atoms with van der Waals surface area (Å²) in [7, 11) is 1.32. The molecular formula is C14H10FN3O2. The second-order valence-electron chi connectivity index (χ2n) is 4.17. The van der Waals surface area contributed by atoms with Gasteiger partial charge in [0.25, 0.3) is 0 Å². The van der Waals surface area contributed by atoms with Crippen LogP contribution in [0, 0.1) is 5.82 Å². The third-order valence-corrected chi connectivity index (χ3v) is 2.93. The lowest BCUT2D eigenvalue weighted by Crippen LogP contribution is -2.03. The van der Waals surface area contributed by atoms with E-state index in [9.17, 15) is 9.18 Å². The van der Waals surface area contributed by atoms with Gasteiger partial charge in [-0.2, -0.15) is 0 Å². The van der Waals surface area contributed by atoms with Crippen LogP contribution >= 0.6 is 0 Å². The average molecular weight is 271 g/mol. The monoisotopic (exact) mass is 271 g/mol. The number of carbonyl (C=O) groups is 1. The minimum absolute atomic E-state index is 0.321. The summed E-state index contributed by atoms with van der Waals surface area (Å²) in [4.78, 5) is 11.5. The van der Waals surface area contributed by atoms with Crippen molar-refractivity contribution in [2.24, 2.45) is 0 Å². The lowest BCUT2D eigenvalue weighted by Gasteiger charge is -2.03. The number of rotatable bonds is 2. The predicted octanol–water partition coefficient (Wildman–Crippen LogP) is 2.32. The summed E-state index contributed by atoms with van der Waals surface area (Å²) >= 11 is 0. The molecular weight excluding hydrogens is 261 g/mol. The van der Waals surface area contributed by atoms with Crippen LogP contribution in [0.1, 0.15) is 10.4 Å². The van der Waals surface area contributed by atoms with E-state index in [0.717, 1.165) is 0 Å². The van der Waals surface area contributed by atoms with Crippen LogP contribution in [0.15, 0.2) is 42.6 Å². The van der Waals surface area contributed by atoms with E-state index in [4.69, 9.17) is 0 Å². The van der Waals surface area contributed by atoms with E-state index in [-0.39, 0.29) is 5.82 Å². The molecule has 0 amide bonds. The summed E-state index contributed by atoms with van der Waals surface area (Å²) in [6, 6.07) is 9.20. The van der Waals surface area contributed by atoms with Crippen LogP contribution in [0.3, 0.4) is 0 Å². The normalized spacial score (nSPS) is 10.7. The van der Waals surface area contributed by atoms with Gasteiger partial charge in [-0.05, 0) is 36.4 Å². The maximum Gasteiger partial charge on any atom is 0.339 e. The molecule has 2 aromatic heterocycles. The fourth-order valence-corrected chi connectivity index (χ4v) is 1.93. The number of pyridine rings is 1. The molecule has 100 valence electrons. The first-order valence-corrected chi connectivity index (χ1v) is 5.88. The van der Waals surface area contributed by atoms with Gasteiger partial charge in [-0.3, -0.25) is 4.40 Å². The minimum Gasteiger partial charge on any atom is -0.465 e. The van der Waals surface area contributed by atoms with E-state index in [1.54, 1.807) is 34.9 Å². The van der Waals surface area contributed by atoms with Crippen molar-refractivity contribution < 1.29 is 13.9 Å². The lowest BCUT2D eigenvalue weighted by molar-refractivity contribution is 0.0600. The zero-order valence-corrected chi connectivity index (χ0v) is 10.6. The summed E-state index contributed by atoms with van der Waals surface area (Å²) in [6.45, 7) is 0. The van der Waals surface area contributed by atoms with Gasteiger partial charge < -0.3 is 4.74 Å². The second-order valence-corrected chi connectivity index (χ2v) is 4.17. The molecule has 0 radical (unpaired) electrons. The number of halogens is 1. The van der Waals surface area contributed by atoms with Crippen LogP contribution in [-0.2, 0) is 4.74 Å². The van der Waals surface area contributed by atoms with E-state index in [0.29, 0.717) is 22.6 Å². The van der Waals surface area contributed by atoms with E-state index < -0.39 is 5.97 Å². The number of nitrogens with zero attached hydrogens (tertiary/aromatic N) is 3. The zero-order valence-electron chi connectivity index (χ0n) is 10.6. The number of fused-ring (bicyclic) bond motifs is 1.